The molecule has 66 valence electrons. The zero-order valence-electron chi connectivity index (χ0n) is 7.08. The van der Waals surface area contributed by atoms with Gasteiger partial charge in [-0.15, -0.1) is 0 Å². The Morgan fingerprint density at radius 2 is 2.08 bits per heavy atom. The van der Waals surface area contributed by atoms with E-state index in [2.05, 4.69) is 20.0 Å². The molecule has 1 aromatic carbocycles. The van der Waals surface area contributed by atoms with Crippen molar-refractivity contribution in [1.29, 1.82) is 0 Å². The van der Waals surface area contributed by atoms with Crippen LogP contribution in [-0.4, -0.2) is 13.3 Å². The average Bonchev–Trinajstić information content (AvgIpc) is 2.17. The van der Waals surface area contributed by atoms with Gasteiger partial charge in [-0.3, -0.25) is 4.99 Å². The van der Waals surface area contributed by atoms with Crippen LogP contribution in [0.5, 0.6) is 5.75 Å². The van der Waals surface area contributed by atoms with Gasteiger partial charge in [0.25, 0.3) is 0 Å². The van der Waals surface area contributed by atoms with Crippen LogP contribution in [-0.2, 0) is 0 Å². The fourth-order valence-electron chi connectivity index (χ4n) is 0.829. The normalized spacial score (nSPS) is 9.62. The van der Waals surface area contributed by atoms with Gasteiger partial charge < -0.3 is 4.84 Å². The largest absolute Gasteiger partial charge is 0.394 e. The van der Waals surface area contributed by atoms with E-state index in [1.807, 2.05) is 12.1 Å². The summed E-state index contributed by atoms with van der Waals surface area (Å²) in [5.74, 6) is 0.506. The van der Waals surface area contributed by atoms with Gasteiger partial charge in [-0.1, -0.05) is 0 Å². The Hall–Kier alpha value is -2.00. The number of azide groups is 1. The molecule has 1 rings (SSSR count). The molecular weight excluding hydrogens is 168 g/mol. The van der Waals surface area contributed by atoms with Crippen LogP contribution in [0.1, 0.15) is 5.56 Å². The van der Waals surface area contributed by atoms with E-state index in [-0.39, 0.29) is 0 Å². The van der Waals surface area contributed by atoms with Crippen molar-refractivity contribution >= 4 is 6.21 Å². The van der Waals surface area contributed by atoms with Gasteiger partial charge in [-0.25, -0.2) is 0 Å². The van der Waals surface area contributed by atoms with Crippen molar-refractivity contribution in [1.82, 2.24) is 0 Å². The van der Waals surface area contributed by atoms with E-state index in [4.69, 9.17) is 5.53 Å². The maximum absolute atomic E-state index is 7.98. The zero-order valence-corrected chi connectivity index (χ0v) is 7.08. The lowest BCUT2D eigenvalue weighted by molar-refractivity contribution is 0.333. The van der Waals surface area contributed by atoms with Gasteiger partial charge in [0.05, 0.1) is 0 Å². The highest BCUT2D eigenvalue weighted by molar-refractivity contribution is 5.79. The molecule has 0 fully saturated rings. The van der Waals surface area contributed by atoms with Crippen molar-refractivity contribution in [3.05, 3.63) is 40.3 Å². The number of hydrogen-bond donors (Lipinski definition) is 0. The summed E-state index contributed by atoms with van der Waals surface area (Å²) in [7, 11) is 1.70. The number of aliphatic imine (C=N–C) groups is 1. The number of hydrogen-bond acceptors (Lipinski definition) is 3. The van der Waals surface area contributed by atoms with E-state index in [0.29, 0.717) is 5.75 Å². The van der Waals surface area contributed by atoms with Crippen LogP contribution < -0.4 is 4.84 Å². The standard InChI is InChI=1S/C8H8N4O/c1-10-6-7-2-4-8(5-3-7)13-12-11-9/h2-6H,1H3. The Labute approximate surface area is 75.3 Å². The molecule has 0 amide bonds. The molecule has 1 aromatic rings. The van der Waals surface area contributed by atoms with Gasteiger partial charge in [0.1, 0.15) is 11.0 Å². The van der Waals surface area contributed by atoms with Crippen LogP contribution in [0.4, 0.5) is 0 Å². The summed E-state index contributed by atoms with van der Waals surface area (Å²) in [6.07, 6.45) is 1.72. The van der Waals surface area contributed by atoms with Gasteiger partial charge >= 0.3 is 0 Å². The van der Waals surface area contributed by atoms with Crippen LogP contribution in [0.2, 0.25) is 0 Å². The molecule has 5 heteroatoms. The highest BCUT2D eigenvalue weighted by Gasteiger charge is 1.90. The quantitative estimate of drug-likeness (QED) is 0.229. The van der Waals surface area contributed by atoms with E-state index in [1.54, 1.807) is 25.4 Å². The second kappa shape index (κ2) is 4.79. The third kappa shape index (κ3) is 2.84. The lowest BCUT2D eigenvalue weighted by atomic mass is 10.2. The fraction of sp³-hybridized carbons (Fsp3) is 0.125. The van der Waals surface area contributed by atoms with Gasteiger partial charge in [-0.2, -0.15) is 0 Å². The van der Waals surface area contributed by atoms with Crippen molar-refractivity contribution in [2.75, 3.05) is 7.05 Å². The Balaban J connectivity index is 2.74. The first-order valence-corrected chi connectivity index (χ1v) is 3.60. The second-order valence-electron chi connectivity index (χ2n) is 2.22. The lowest BCUT2D eigenvalue weighted by Gasteiger charge is -1.96. The molecule has 0 unspecified atom stereocenters. The maximum Gasteiger partial charge on any atom is 0.136 e. The molecular formula is C8H8N4O. The van der Waals surface area contributed by atoms with Crippen molar-refractivity contribution < 1.29 is 4.84 Å². The molecule has 0 saturated carbocycles. The summed E-state index contributed by atoms with van der Waals surface area (Å²) < 4.78 is 0. The lowest BCUT2D eigenvalue weighted by Crippen LogP contribution is -1.82. The van der Waals surface area contributed by atoms with Crippen molar-refractivity contribution in [2.45, 2.75) is 0 Å². The SMILES string of the molecule is CN=Cc1ccc(ON=[N+]=[N-])cc1. The average molecular weight is 176 g/mol. The van der Waals surface area contributed by atoms with Crippen LogP contribution in [0.25, 0.3) is 10.4 Å². The van der Waals surface area contributed by atoms with Gasteiger partial charge in [0.15, 0.2) is 0 Å². The molecule has 0 N–H and O–H groups in total. The fourth-order valence-corrected chi connectivity index (χ4v) is 0.829. The number of nitrogens with zero attached hydrogens (tertiary/aromatic N) is 4. The predicted octanol–water partition coefficient (Wildman–Crippen LogP) is 2.34. The molecule has 0 aromatic heterocycles. The van der Waals surface area contributed by atoms with Crippen LogP contribution in [0, 0.1) is 0 Å². The maximum atomic E-state index is 7.98. The minimum atomic E-state index is 0.506. The first-order chi connectivity index (χ1) is 6.36. The highest BCUT2D eigenvalue weighted by Crippen LogP contribution is 2.11. The third-order valence-corrected chi connectivity index (χ3v) is 1.34. The molecule has 0 heterocycles. The monoisotopic (exact) mass is 176 g/mol. The molecule has 0 aliphatic carbocycles. The summed E-state index contributed by atoms with van der Waals surface area (Å²) in [6.45, 7) is 0. The van der Waals surface area contributed by atoms with Crippen LogP contribution >= 0.6 is 0 Å². The predicted molar refractivity (Wildman–Crippen MR) is 49.7 cm³/mol. The molecule has 0 saturated heterocycles. The van der Waals surface area contributed by atoms with Gasteiger partial charge in [-0.05, 0) is 35.4 Å². The van der Waals surface area contributed by atoms with Crippen molar-refractivity contribution in [3.8, 4) is 5.75 Å². The Kier molecular flexibility index (Phi) is 3.35. The first-order valence-electron chi connectivity index (χ1n) is 3.60. The van der Waals surface area contributed by atoms with Crippen molar-refractivity contribution in [3.63, 3.8) is 0 Å². The van der Waals surface area contributed by atoms with E-state index in [1.165, 1.54) is 0 Å². The van der Waals surface area contributed by atoms with Crippen LogP contribution in [0.3, 0.4) is 0 Å². The summed E-state index contributed by atoms with van der Waals surface area (Å²) >= 11 is 0. The minimum Gasteiger partial charge on any atom is -0.394 e. The molecule has 0 radical (unpaired) electrons. The smallest absolute Gasteiger partial charge is 0.136 e. The molecule has 5 nitrogen and oxygen atoms in total. The second-order valence-corrected chi connectivity index (χ2v) is 2.22. The van der Waals surface area contributed by atoms with Crippen molar-refractivity contribution in [2.24, 2.45) is 10.3 Å². The summed E-state index contributed by atoms with van der Waals surface area (Å²) in [6, 6.07) is 7.03. The molecule has 13 heavy (non-hydrogen) atoms. The summed E-state index contributed by atoms with van der Waals surface area (Å²) in [5.41, 5.74) is 8.95. The Bertz CT molecular complexity index is 338. The van der Waals surface area contributed by atoms with E-state index in [9.17, 15) is 0 Å². The van der Waals surface area contributed by atoms with Gasteiger partial charge in [0.2, 0.25) is 0 Å². The number of benzene rings is 1. The van der Waals surface area contributed by atoms with Crippen LogP contribution in [0.15, 0.2) is 34.5 Å². The molecule has 0 spiro atoms. The zero-order chi connectivity index (χ0) is 9.52. The topological polar surface area (TPSA) is 70.4 Å². The molecule has 0 atom stereocenters. The minimum absolute atomic E-state index is 0.506. The molecule has 0 bridgehead atoms. The Morgan fingerprint density at radius 3 is 2.62 bits per heavy atom. The number of rotatable bonds is 3. The third-order valence-electron chi connectivity index (χ3n) is 1.34. The first kappa shape index (κ1) is 9.09. The van der Waals surface area contributed by atoms with E-state index in [0.717, 1.165) is 5.56 Å². The Morgan fingerprint density at radius 1 is 1.38 bits per heavy atom. The molecule has 0 aliphatic rings. The van der Waals surface area contributed by atoms with Gasteiger partial charge in [0, 0.05) is 18.2 Å². The van der Waals surface area contributed by atoms with E-state index < -0.39 is 0 Å². The molecule has 0 aliphatic heterocycles. The van der Waals surface area contributed by atoms with E-state index >= 15 is 0 Å². The highest BCUT2D eigenvalue weighted by atomic mass is 16.6. The summed E-state index contributed by atoms with van der Waals surface area (Å²) in [4.78, 5) is 11.0. The summed E-state index contributed by atoms with van der Waals surface area (Å²) in [5, 5.41) is 2.96.